The third-order valence-electron chi connectivity index (χ3n) is 5.78. The number of likely N-dealkylation sites (N-methyl/N-ethyl adjacent to an activating group) is 1. The van der Waals surface area contributed by atoms with E-state index in [1.807, 2.05) is 61.3 Å². The SMILES string of the molecule is C[C@H](c1ccc(-n2cncn2)cc1)N(C)CC(=O)N(CC(=O)Nc1ccccc1)Cc1ccco1. The zero-order valence-corrected chi connectivity index (χ0v) is 19.7. The van der Waals surface area contributed by atoms with Crippen LogP contribution in [-0.4, -0.2) is 56.5 Å². The highest BCUT2D eigenvalue weighted by atomic mass is 16.3. The van der Waals surface area contributed by atoms with Gasteiger partial charge in [0.15, 0.2) is 0 Å². The number of para-hydroxylation sites is 1. The predicted molar refractivity (Wildman–Crippen MR) is 132 cm³/mol. The smallest absolute Gasteiger partial charge is 0.244 e. The lowest BCUT2D eigenvalue weighted by Gasteiger charge is -2.28. The number of anilines is 1. The Morgan fingerprint density at radius 1 is 1.03 bits per heavy atom. The molecule has 0 bridgehead atoms. The Balaban J connectivity index is 1.40. The molecule has 2 heterocycles. The summed E-state index contributed by atoms with van der Waals surface area (Å²) >= 11 is 0. The molecule has 0 aliphatic rings. The summed E-state index contributed by atoms with van der Waals surface area (Å²) in [5.41, 5.74) is 2.65. The molecular formula is C26H28N6O3. The first-order valence-electron chi connectivity index (χ1n) is 11.3. The summed E-state index contributed by atoms with van der Waals surface area (Å²) in [5, 5.41) is 6.98. The van der Waals surface area contributed by atoms with Gasteiger partial charge in [-0.15, -0.1) is 0 Å². The molecule has 0 saturated heterocycles. The van der Waals surface area contributed by atoms with Crippen LogP contribution in [0.25, 0.3) is 5.69 Å². The highest BCUT2D eigenvalue weighted by Crippen LogP contribution is 2.20. The molecule has 2 aromatic heterocycles. The number of nitrogens with zero attached hydrogens (tertiary/aromatic N) is 5. The molecule has 9 nitrogen and oxygen atoms in total. The van der Waals surface area contributed by atoms with Crippen LogP contribution >= 0.6 is 0 Å². The molecule has 0 spiro atoms. The second-order valence-corrected chi connectivity index (χ2v) is 8.27. The number of benzene rings is 2. The number of rotatable bonds is 10. The van der Waals surface area contributed by atoms with E-state index < -0.39 is 0 Å². The first-order valence-corrected chi connectivity index (χ1v) is 11.3. The van der Waals surface area contributed by atoms with Crippen LogP contribution in [0, 0.1) is 0 Å². The highest BCUT2D eigenvalue weighted by molar-refractivity contribution is 5.94. The zero-order chi connectivity index (χ0) is 24.6. The number of hydrogen-bond acceptors (Lipinski definition) is 6. The largest absolute Gasteiger partial charge is 0.467 e. The fourth-order valence-electron chi connectivity index (χ4n) is 3.67. The van der Waals surface area contributed by atoms with E-state index in [2.05, 4.69) is 15.4 Å². The van der Waals surface area contributed by atoms with Gasteiger partial charge in [-0.05, 0) is 55.9 Å². The summed E-state index contributed by atoms with van der Waals surface area (Å²) in [6, 6.07) is 20.7. The fourth-order valence-corrected chi connectivity index (χ4v) is 3.67. The molecule has 2 amide bonds. The molecule has 35 heavy (non-hydrogen) atoms. The number of carbonyl (C=O) groups excluding carboxylic acids is 2. The van der Waals surface area contributed by atoms with Gasteiger partial charge in [-0.3, -0.25) is 14.5 Å². The molecule has 180 valence electrons. The van der Waals surface area contributed by atoms with Crippen LogP contribution in [0.4, 0.5) is 5.69 Å². The maximum absolute atomic E-state index is 13.3. The third-order valence-corrected chi connectivity index (χ3v) is 5.78. The second kappa shape index (κ2) is 11.3. The summed E-state index contributed by atoms with van der Waals surface area (Å²) in [6.07, 6.45) is 4.69. The molecule has 2 aromatic carbocycles. The number of carbonyl (C=O) groups is 2. The lowest BCUT2D eigenvalue weighted by molar-refractivity contribution is -0.136. The number of nitrogens with one attached hydrogen (secondary N) is 1. The van der Waals surface area contributed by atoms with Gasteiger partial charge in [0.25, 0.3) is 0 Å². The van der Waals surface area contributed by atoms with Crippen molar-refractivity contribution in [2.75, 3.05) is 25.5 Å². The maximum atomic E-state index is 13.3. The molecule has 4 rings (SSSR count). The molecular weight excluding hydrogens is 444 g/mol. The van der Waals surface area contributed by atoms with E-state index in [0.29, 0.717) is 11.4 Å². The van der Waals surface area contributed by atoms with Crippen molar-refractivity contribution in [2.24, 2.45) is 0 Å². The van der Waals surface area contributed by atoms with Crippen LogP contribution in [0.15, 0.2) is 90.1 Å². The molecule has 9 heteroatoms. The molecule has 0 aliphatic heterocycles. The second-order valence-electron chi connectivity index (χ2n) is 8.27. The molecule has 0 aliphatic carbocycles. The van der Waals surface area contributed by atoms with Gasteiger partial charge < -0.3 is 14.6 Å². The Morgan fingerprint density at radius 3 is 2.46 bits per heavy atom. The summed E-state index contributed by atoms with van der Waals surface area (Å²) in [6.45, 7) is 2.31. The lowest BCUT2D eigenvalue weighted by Crippen LogP contribution is -2.43. The van der Waals surface area contributed by atoms with Crippen molar-refractivity contribution in [3.05, 3.63) is 97.0 Å². The number of furan rings is 1. The minimum atomic E-state index is -0.268. The minimum absolute atomic E-state index is 0.0210. The van der Waals surface area contributed by atoms with E-state index in [4.69, 9.17) is 4.42 Å². The van der Waals surface area contributed by atoms with Crippen LogP contribution in [0.3, 0.4) is 0 Å². The van der Waals surface area contributed by atoms with Crippen LogP contribution in [-0.2, 0) is 16.1 Å². The topological polar surface area (TPSA) is 96.5 Å². The van der Waals surface area contributed by atoms with E-state index in [1.165, 1.54) is 11.2 Å². The van der Waals surface area contributed by atoms with Crippen molar-refractivity contribution >= 4 is 17.5 Å². The van der Waals surface area contributed by atoms with Crippen molar-refractivity contribution in [3.8, 4) is 5.69 Å². The first kappa shape index (κ1) is 23.9. The van der Waals surface area contributed by atoms with E-state index in [-0.39, 0.29) is 37.5 Å². The quantitative estimate of drug-likeness (QED) is 0.379. The number of aromatic nitrogens is 3. The Kier molecular flexibility index (Phi) is 7.69. The highest BCUT2D eigenvalue weighted by Gasteiger charge is 2.22. The Labute approximate surface area is 204 Å². The first-order chi connectivity index (χ1) is 17.0. The van der Waals surface area contributed by atoms with Gasteiger partial charge in [0.2, 0.25) is 11.8 Å². The Hall–Kier alpha value is -4.24. The van der Waals surface area contributed by atoms with Crippen molar-refractivity contribution in [1.82, 2.24) is 24.6 Å². The molecule has 0 saturated carbocycles. The van der Waals surface area contributed by atoms with Crippen molar-refractivity contribution in [2.45, 2.75) is 19.5 Å². The molecule has 0 fully saturated rings. The summed E-state index contributed by atoms with van der Waals surface area (Å²) in [7, 11) is 1.89. The third kappa shape index (κ3) is 6.42. The van der Waals surface area contributed by atoms with Gasteiger partial charge in [0.05, 0.1) is 25.0 Å². The normalized spacial score (nSPS) is 11.9. The van der Waals surface area contributed by atoms with Gasteiger partial charge in [-0.1, -0.05) is 30.3 Å². The van der Waals surface area contributed by atoms with E-state index >= 15 is 0 Å². The van der Waals surface area contributed by atoms with Gasteiger partial charge in [-0.2, -0.15) is 5.10 Å². The summed E-state index contributed by atoms with van der Waals surface area (Å²) < 4.78 is 7.12. The predicted octanol–water partition coefficient (Wildman–Crippen LogP) is 3.52. The van der Waals surface area contributed by atoms with Gasteiger partial charge >= 0.3 is 0 Å². The van der Waals surface area contributed by atoms with Crippen LogP contribution in [0.1, 0.15) is 24.3 Å². The van der Waals surface area contributed by atoms with Gasteiger partial charge in [0.1, 0.15) is 25.0 Å². The molecule has 0 radical (unpaired) electrons. The van der Waals surface area contributed by atoms with Gasteiger partial charge in [-0.25, -0.2) is 9.67 Å². The zero-order valence-electron chi connectivity index (χ0n) is 19.7. The molecule has 1 atom stereocenters. The minimum Gasteiger partial charge on any atom is -0.467 e. The van der Waals surface area contributed by atoms with Crippen molar-refractivity contribution in [3.63, 3.8) is 0 Å². The maximum Gasteiger partial charge on any atom is 0.244 e. The Morgan fingerprint density at radius 2 is 1.80 bits per heavy atom. The standard InChI is InChI=1S/C26H28N6O3/c1-20(21-10-12-23(13-11-21)32-19-27-18-28-32)30(2)17-26(34)31(15-24-9-6-14-35-24)16-25(33)29-22-7-4-3-5-8-22/h3-14,18-20H,15-17H2,1-2H3,(H,29,33)/t20-/m1/s1. The van der Waals surface area contributed by atoms with Gasteiger partial charge in [0, 0.05) is 11.7 Å². The fraction of sp³-hybridized carbons (Fsp3) is 0.231. The van der Waals surface area contributed by atoms with Crippen molar-refractivity contribution < 1.29 is 14.0 Å². The molecule has 1 N–H and O–H groups in total. The summed E-state index contributed by atoms with van der Waals surface area (Å²) in [5.74, 6) is 0.180. The van der Waals surface area contributed by atoms with Crippen LogP contribution in [0.2, 0.25) is 0 Å². The number of amides is 2. The van der Waals surface area contributed by atoms with E-state index in [1.54, 1.807) is 41.5 Å². The van der Waals surface area contributed by atoms with Crippen LogP contribution < -0.4 is 5.32 Å². The Bertz CT molecular complexity index is 1210. The molecule has 0 unspecified atom stereocenters. The summed E-state index contributed by atoms with van der Waals surface area (Å²) in [4.78, 5) is 33.4. The van der Waals surface area contributed by atoms with Crippen LogP contribution in [0.5, 0.6) is 0 Å². The number of hydrogen-bond donors (Lipinski definition) is 1. The van der Waals surface area contributed by atoms with E-state index in [0.717, 1.165) is 11.3 Å². The monoisotopic (exact) mass is 472 g/mol. The lowest BCUT2D eigenvalue weighted by atomic mass is 10.1. The average molecular weight is 473 g/mol. The van der Waals surface area contributed by atoms with E-state index in [9.17, 15) is 9.59 Å². The molecule has 4 aromatic rings. The average Bonchev–Trinajstić information content (AvgIpc) is 3.58. The van der Waals surface area contributed by atoms with Crippen molar-refractivity contribution in [1.29, 1.82) is 0 Å².